The quantitative estimate of drug-likeness (QED) is 0.474. The molecule has 0 spiro atoms. The van der Waals surface area contributed by atoms with Crippen LogP contribution in [0.2, 0.25) is 0 Å². The molecule has 1 aromatic heterocycles. The summed E-state index contributed by atoms with van der Waals surface area (Å²) in [5.41, 5.74) is -1.05. The van der Waals surface area contributed by atoms with E-state index < -0.39 is 16.6 Å². The minimum absolute atomic E-state index is 0.00414. The monoisotopic (exact) mass is 438 g/mol. The molecule has 1 aliphatic rings. The van der Waals surface area contributed by atoms with Crippen LogP contribution in [0.1, 0.15) is 45.2 Å². The van der Waals surface area contributed by atoms with Crippen LogP contribution in [-0.4, -0.2) is 31.6 Å². The number of phenols is 3. The van der Waals surface area contributed by atoms with E-state index in [1.807, 2.05) is 19.9 Å². The van der Waals surface area contributed by atoms with E-state index in [4.69, 9.17) is 9.15 Å². The van der Waals surface area contributed by atoms with Gasteiger partial charge >= 0.3 is 0 Å². The van der Waals surface area contributed by atoms with Crippen LogP contribution in [0, 0.1) is 0 Å². The molecule has 0 radical (unpaired) electrons. The lowest BCUT2D eigenvalue weighted by molar-refractivity contribution is 0.0713. The molecule has 4 rings (SSSR count). The van der Waals surface area contributed by atoms with E-state index in [9.17, 15) is 25.2 Å². The van der Waals surface area contributed by atoms with Gasteiger partial charge in [0.05, 0.1) is 16.7 Å². The Morgan fingerprint density at radius 1 is 1.06 bits per heavy atom. The molecule has 0 bridgehead atoms. The van der Waals surface area contributed by atoms with Crippen LogP contribution < -0.4 is 10.2 Å². The van der Waals surface area contributed by atoms with Crippen LogP contribution in [-0.2, 0) is 6.42 Å². The van der Waals surface area contributed by atoms with E-state index in [1.54, 1.807) is 19.9 Å². The summed E-state index contributed by atoms with van der Waals surface area (Å²) in [6, 6.07) is 5.38. The van der Waals surface area contributed by atoms with Crippen molar-refractivity contribution < 1.29 is 29.6 Å². The molecule has 0 aliphatic carbocycles. The first-order valence-electron chi connectivity index (χ1n) is 10.3. The molecule has 0 unspecified atom stereocenters. The predicted octanol–water partition coefficient (Wildman–Crippen LogP) is 4.46. The van der Waals surface area contributed by atoms with Crippen LogP contribution in [0.25, 0.3) is 28.4 Å². The van der Waals surface area contributed by atoms with Crippen LogP contribution in [0.3, 0.4) is 0 Å². The first-order chi connectivity index (χ1) is 14.9. The lowest BCUT2D eigenvalue weighted by atomic mass is 9.93. The largest absolute Gasteiger partial charge is 0.508 e. The molecule has 32 heavy (non-hydrogen) atoms. The maximum Gasteiger partial charge on any atom is 0.200 e. The van der Waals surface area contributed by atoms with Gasteiger partial charge in [0, 0.05) is 17.7 Å². The zero-order valence-electron chi connectivity index (χ0n) is 18.4. The van der Waals surface area contributed by atoms with Crippen molar-refractivity contribution in [1.82, 2.24) is 0 Å². The highest BCUT2D eigenvalue weighted by Crippen LogP contribution is 2.43. The number of phenolic OH excluding ortho intramolecular Hbond substituents is 3. The molecule has 0 amide bonds. The van der Waals surface area contributed by atoms with Crippen LogP contribution in [0.15, 0.2) is 39.6 Å². The number of aliphatic hydroxyl groups is 1. The summed E-state index contributed by atoms with van der Waals surface area (Å²) in [6.45, 7) is 6.99. The van der Waals surface area contributed by atoms with E-state index >= 15 is 0 Å². The smallest absolute Gasteiger partial charge is 0.200 e. The van der Waals surface area contributed by atoms with Gasteiger partial charge in [-0.1, -0.05) is 0 Å². The Labute approximate surface area is 184 Å². The third-order valence-corrected chi connectivity index (χ3v) is 5.48. The minimum atomic E-state index is -1.05. The highest BCUT2D eigenvalue weighted by molar-refractivity contribution is 5.95. The lowest BCUT2D eigenvalue weighted by Gasteiger charge is -2.28. The molecule has 168 valence electrons. The van der Waals surface area contributed by atoms with Crippen molar-refractivity contribution in [2.24, 2.45) is 0 Å². The standard InChI is InChI=1S/C25H26O7/c1-24(2,30)9-7-16-21(29)20-18(28)12-19-15(8-10-25(3,4)32-19)23(20)31-22(16)14-6-5-13(26)11-17(14)27/h5-6,8,10-12,26-28,30H,7,9H2,1-4H3. The fraction of sp³-hybridized carbons (Fsp3) is 0.320. The summed E-state index contributed by atoms with van der Waals surface area (Å²) in [7, 11) is 0. The van der Waals surface area contributed by atoms with Gasteiger partial charge in [-0.2, -0.15) is 0 Å². The summed E-state index contributed by atoms with van der Waals surface area (Å²) in [6.07, 6.45) is 4.00. The summed E-state index contributed by atoms with van der Waals surface area (Å²) in [5, 5.41) is 41.1. The van der Waals surface area contributed by atoms with Crippen LogP contribution in [0.5, 0.6) is 23.0 Å². The highest BCUT2D eigenvalue weighted by atomic mass is 16.5. The Balaban J connectivity index is 2.06. The van der Waals surface area contributed by atoms with Crippen molar-refractivity contribution in [3.63, 3.8) is 0 Å². The Morgan fingerprint density at radius 3 is 2.44 bits per heavy atom. The van der Waals surface area contributed by atoms with Crippen molar-refractivity contribution in [3.8, 4) is 34.3 Å². The van der Waals surface area contributed by atoms with E-state index in [0.29, 0.717) is 11.3 Å². The SMILES string of the molecule is CC(C)(O)CCc1c(-c2ccc(O)cc2O)oc2c3c(cc(O)c2c1=O)OC(C)(C)C=C3. The lowest BCUT2D eigenvalue weighted by Crippen LogP contribution is -2.27. The van der Waals surface area contributed by atoms with Gasteiger partial charge in [0.1, 0.15) is 39.7 Å². The fourth-order valence-corrected chi connectivity index (χ4v) is 3.81. The number of aromatic hydroxyl groups is 3. The molecule has 0 saturated carbocycles. The maximum absolute atomic E-state index is 13.6. The van der Waals surface area contributed by atoms with Crippen molar-refractivity contribution in [3.05, 3.63) is 51.7 Å². The molecule has 1 aliphatic heterocycles. The molecular formula is C25H26O7. The number of hydrogen-bond acceptors (Lipinski definition) is 7. The van der Waals surface area contributed by atoms with Gasteiger partial charge in [0.2, 0.25) is 0 Å². The first kappa shape index (κ1) is 21.8. The average molecular weight is 438 g/mol. The molecule has 2 heterocycles. The van der Waals surface area contributed by atoms with Crippen molar-refractivity contribution in [1.29, 1.82) is 0 Å². The topological polar surface area (TPSA) is 120 Å². The molecule has 0 fully saturated rings. The van der Waals surface area contributed by atoms with E-state index in [-0.39, 0.29) is 57.9 Å². The van der Waals surface area contributed by atoms with Crippen LogP contribution in [0.4, 0.5) is 0 Å². The van der Waals surface area contributed by atoms with Gasteiger partial charge in [-0.15, -0.1) is 0 Å². The third kappa shape index (κ3) is 3.91. The van der Waals surface area contributed by atoms with Crippen molar-refractivity contribution >= 4 is 17.0 Å². The zero-order valence-corrected chi connectivity index (χ0v) is 18.4. The molecule has 0 saturated heterocycles. The second kappa shape index (κ2) is 7.31. The Bertz CT molecular complexity index is 1310. The Morgan fingerprint density at radius 2 is 1.78 bits per heavy atom. The first-order valence-corrected chi connectivity index (χ1v) is 10.3. The van der Waals surface area contributed by atoms with Gasteiger partial charge in [-0.05, 0) is 64.8 Å². The van der Waals surface area contributed by atoms with Crippen molar-refractivity contribution in [2.75, 3.05) is 0 Å². The number of rotatable bonds is 4. The highest BCUT2D eigenvalue weighted by Gasteiger charge is 2.29. The minimum Gasteiger partial charge on any atom is -0.508 e. The van der Waals surface area contributed by atoms with E-state index in [2.05, 4.69) is 0 Å². The third-order valence-electron chi connectivity index (χ3n) is 5.48. The van der Waals surface area contributed by atoms with E-state index in [0.717, 1.165) is 6.07 Å². The summed E-state index contributed by atoms with van der Waals surface area (Å²) in [5.74, 6) is -0.199. The van der Waals surface area contributed by atoms with E-state index in [1.165, 1.54) is 18.2 Å². The second-order valence-corrected chi connectivity index (χ2v) is 9.30. The molecule has 7 nitrogen and oxygen atoms in total. The summed E-state index contributed by atoms with van der Waals surface area (Å²) >= 11 is 0. The molecular weight excluding hydrogens is 412 g/mol. The maximum atomic E-state index is 13.6. The number of ether oxygens (including phenoxy) is 1. The van der Waals surface area contributed by atoms with Gasteiger partial charge in [0.15, 0.2) is 11.0 Å². The Hall–Kier alpha value is -3.45. The molecule has 7 heteroatoms. The second-order valence-electron chi connectivity index (χ2n) is 9.30. The predicted molar refractivity (Wildman–Crippen MR) is 121 cm³/mol. The number of hydrogen-bond donors (Lipinski definition) is 4. The zero-order chi connectivity index (χ0) is 23.4. The van der Waals surface area contributed by atoms with Gasteiger partial charge in [0.25, 0.3) is 0 Å². The van der Waals surface area contributed by atoms with Gasteiger partial charge in [-0.3, -0.25) is 4.79 Å². The summed E-state index contributed by atoms with van der Waals surface area (Å²) < 4.78 is 12.1. The van der Waals surface area contributed by atoms with Gasteiger partial charge < -0.3 is 29.6 Å². The summed E-state index contributed by atoms with van der Waals surface area (Å²) in [4.78, 5) is 13.6. The molecule has 0 atom stereocenters. The number of fused-ring (bicyclic) bond motifs is 3. The normalized spacial score (nSPS) is 14.9. The average Bonchev–Trinajstić information content (AvgIpc) is 2.65. The van der Waals surface area contributed by atoms with Crippen LogP contribution >= 0.6 is 0 Å². The van der Waals surface area contributed by atoms with Crippen molar-refractivity contribution in [2.45, 2.75) is 51.7 Å². The Kier molecular flexibility index (Phi) is 4.97. The number of benzene rings is 2. The van der Waals surface area contributed by atoms with Gasteiger partial charge in [-0.25, -0.2) is 0 Å². The fourth-order valence-electron chi connectivity index (χ4n) is 3.81. The molecule has 4 N–H and O–H groups in total. The molecule has 3 aromatic rings. The molecule has 2 aromatic carbocycles.